The van der Waals surface area contributed by atoms with Gasteiger partial charge in [0.05, 0.1) is 6.61 Å². The summed E-state index contributed by atoms with van der Waals surface area (Å²) < 4.78 is 9.37. The molecule has 0 saturated carbocycles. The van der Waals surface area contributed by atoms with Gasteiger partial charge in [0.15, 0.2) is 0 Å². The van der Waals surface area contributed by atoms with Crippen molar-refractivity contribution in [1.29, 1.82) is 0 Å². The number of ether oxygens (including phenoxy) is 2. The Hall–Kier alpha value is -0.990. The highest BCUT2D eigenvalue weighted by Gasteiger charge is 2.02. The van der Waals surface area contributed by atoms with Gasteiger partial charge in [0, 0.05) is 0 Å². The van der Waals surface area contributed by atoms with Gasteiger partial charge in [0.25, 0.3) is 5.95 Å². The molecule has 0 bridgehead atoms. The summed E-state index contributed by atoms with van der Waals surface area (Å²) in [5, 5.41) is 0. The molecule has 0 aromatic heterocycles. The topological polar surface area (TPSA) is 35.5 Å². The van der Waals surface area contributed by atoms with E-state index in [1.54, 1.807) is 6.08 Å². The third-order valence-corrected chi connectivity index (χ3v) is 1.07. The van der Waals surface area contributed by atoms with Crippen LogP contribution in [0.4, 0.5) is 0 Å². The van der Waals surface area contributed by atoms with Crippen molar-refractivity contribution in [2.24, 2.45) is 0 Å². The number of allylic oxidation sites excluding steroid dienone is 1. The van der Waals surface area contributed by atoms with Crippen LogP contribution in [0, 0.1) is 0 Å². The highest BCUT2D eigenvalue weighted by atomic mass is 16.7. The molecule has 9 heavy (non-hydrogen) atoms. The third kappa shape index (κ3) is 1.76. The molecule has 1 aliphatic heterocycles. The van der Waals surface area contributed by atoms with Gasteiger partial charge in [-0.3, -0.25) is 4.79 Å². The molecule has 3 heteroatoms. The van der Waals surface area contributed by atoms with Gasteiger partial charge in [-0.15, -0.1) is 0 Å². The van der Waals surface area contributed by atoms with E-state index in [0.717, 1.165) is 12.8 Å². The van der Waals surface area contributed by atoms with Crippen LogP contribution in [-0.2, 0) is 14.3 Å². The maximum Gasteiger partial charge on any atom is 0.300 e. The molecule has 0 saturated heterocycles. The predicted molar refractivity (Wildman–Crippen MR) is 30.4 cm³/mol. The van der Waals surface area contributed by atoms with Gasteiger partial charge >= 0.3 is 6.47 Å². The summed E-state index contributed by atoms with van der Waals surface area (Å²) in [4.78, 5) is 9.73. The summed E-state index contributed by atoms with van der Waals surface area (Å²) in [7, 11) is 0. The van der Waals surface area contributed by atoms with Crippen LogP contribution in [0.2, 0.25) is 0 Å². The molecule has 1 rings (SSSR count). The van der Waals surface area contributed by atoms with Gasteiger partial charge < -0.3 is 9.47 Å². The standard InChI is InChI=1S/C6H8O3/c7-5-9-6-3-1-2-4-8-6/h3,5H,1-2,4H2. The van der Waals surface area contributed by atoms with Crippen LogP contribution in [-0.4, -0.2) is 13.1 Å². The summed E-state index contributed by atoms with van der Waals surface area (Å²) in [6.07, 6.45) is 3.70. The van der Waals surface area contributed by atoms with Crippen molar-refractivity contribution in [3.05, 3.63) is 12.0 Å². The van der Waals surface area contributed by atoms with E-state index in [1.807, 2.05) is 0 Å². The summed E-state index contributed by atoms with van der Waals surface area (Å²) >= 11 is 0. The third-order valence-electron chi connectivity index (χ3n) is 1.07. The van der Waals surface area contributed by atoms with Crippen LogP contribution in [0.5, 0.6) is 0 Å². The number of hydrogen-bond donors (Lipinski definition) is 0. The summed E-state index contributed by atoms with van der Waals surface area (Å²) in [6, 6.07) is 0. The van der Waals surface area contributed by atoms with Crippen LogP contribution < -0.4 is 0 Å². The zero-order valence-electron chi connectivity index (χ0n) is 5.00. The molecule has 0 atom stereocenters. The minimum Gasteiger partial charge on any atom is -0.465 e. The molecule has 1 aliphatic rings. The smallest absolute Gasteiger partial charge is 0.300 e. The first-order valence-corrected chi connectivity index (χ1v) is 2.87. The molecule has 0 amide bonds. The maximum atomic E-state index is 9.73. The molecule has 0 aromatic rings. The van der Waals surface area contributed by atoms with E-state index in [9.17, 15) is 4.79 Å². The van der Waals surface area contributed by atoms with Crippen LogP contribution in [0.3, 0.4) is 0 Å². The fourth-order valence-corrected chi connectivity index (χ4v) is 0.664. The Bertz CT molecular complexity index is 128. The van der Waals surface area contributed by atoms with Gasteiger partial charge in [-0.25, -0.2) is 0 Å². The fourth-order valence-electron chi connectivity index (χ4n) is 0.664. The van der Waals surface area contributed by atoms with E-state index in [2.05, 4.69) is 4.74 Å². The minimum absolute atomic E-state index is 0.344. The molecule has 0 spiro atoms. The lowest BCUT2D eigenvalue weighted by Crippen LogP contribution is -2.03. The molecule has 50 valence electrons. The van der Waals surface area contributed by atoms with Crippen LogP contribution >= 0.6 is 0 Å². The average molecular weight is 128 g/mol. The van der Waals surface area contributed by atoms with Crippen molar-refractivity contribution >= 4 is 6.47 Å². The Morgan fingerprint density at radius 3 is 3.22 bits per heavy atom. The molecule has 0 aromatic carbocycles. The number of hydrogen-bond acceptors (Lipinski definition) is 3. The lowest BCUT2D eigenvalue weighted by Gasteiger charge is -2.10. The SMILES string of the molecule is O=COC1=CCCCO1. The molecule has 3 nitrogen and oxygen atoms in total. The maximum absolute atomic E-state index is 9.73. The Kier molecular flexibility index (Phi) is 2.13. The summed E-state index contributed by atoms with van der Waals surface area (Å²) in [6.45, 7) is 1.02. The van der Waals surface area contributed by atoms with Crippen molar-refractivity contribution in [3.8, 4) is 0 Å². The monoisotopic (exact) mass is 128 g/mol. The first kappa shape index (κ1) is 6.13. The Labute approximate surface area is 53.3 Å². The normalized spacial score (nSPS) is 17.6. The van der Waals surface area contributed by atoms with Crippen molar-refractivity contribution in [2.45, 2.75) is 12.8 Å². The average Bonchev–Trinajstić information content (AvgIpc) is 1.91. The first-order valence-electron chi connectivity index (χ1n) is 2.87. The second kappa shape index (κ2) is 3.12. The van der Waals surface area contributed by atoms with Crippen molar-refractivity contribution in [2.75, 3.05) is 6.61 Å². The Morgan fingerprint density at radius 1 is 1.78 bits per heavy atom. The first-order chi connectivity index (χ1) is 4.43. The Balaban J connectivity index is 2.36. The van der Waals surface area contributed by atoms with E-state index < -0.39 is 0 Å². The fraction of sp³-hybridized carbons (Fsp3) is 0.500. The molecule has 0 N–H and O–H groups in total. The minimum atomic E-state index is 0.344. The van der Waals surface area contributed by atoms with E-state index in [-0.39, 0.29) is 0 Å². The molecular weight excluding hydrogens is 120 g/mol. The zero-order valence-corrected chi connectivity index (χ0v) is 5.00. The second-order valence-electron chi connectivity index (χ2n) is 1.73. The van der Waals surface area contributed by atoms with Crippen LogP contribution in [0.15, 0.2) is 12.0 Å². The molecule has 0 radical (unpaired) electrons. The van der Waals surface area contributed by atoms with Crippen molar-refractivity contribution < 1.29 is 14.3 Å². The predicted octanol–water partition coefficient (Wildman–Crippen LogP) is 0.811. The molecule has 0 fully saturated rings. The molecule has 0 aliphatic carbocycles. The van der Waals surface area contributed by atoms with E-state index in [0.29, 0.717) is 19.0 Å². The highest BCUT2D eigenvalue weighted by Crippen LogP contribution is 2.08. The molecule has 1 heterocycles. The summed E-state index contributed by atoms with van der Waals surface area (Å²) in [5.74, 6) is 0.344. The largest absolute Gasteiger partial charge is 0.465 e. The highest BCUT2D eigenvalue weighted by molar-refractivity contribution is 5.39. The second-order valence-corrected chi connectivity index (χ2v) is 1.73. The quantitative estimate of drug-likeness (QED) is 0.516. The number of rotatable bonds is 2. The van der Waals surface area contributed by atoms with Gasteiger partial charge in [-0.05, 0) is 18.9 Å². The number of carbonyl (C=O) groups excluding carboxylic acids is 1. The summed E-state index contributed by atoms with van der Waals surface area (Å²) in [5.41, 5.74) is 0. The van der Waals surface area contributed by atoms with Crippen molar-refractivity contribution in [3.63, 3.8) is 0 Å². The van der Waals surface area contributed by atoms with Crippen molar-refractivity contribution in [1.82, 2.24) is 0 Å². The van der Waals surface area contributed by atoms with E-state index >= 15 is 0 Å². The number of carbonyl (C=O) groups is 1. The van der Waals surface area contributed by atoms with Crippen LogP contribution in [0.25, 0.3) is 0 Å². The van der Waals surface area contributed by atoms with E-state index in [4.69, 9.17) is 4.74 Å². The zero-order chi connectivity index (χ0) is 6.53. The van der Waals surface area contributed by atoms with Crippen LogP contribution in [0.1, 0.15) is 12.8 Å². The Morgan fingerprint density at radius 2 is 2.67 bits per heavy atom. The van der Waals surface area contributed by atoms with Gasteiger partial charge in [-0.1, -0.05) is 0 Å². The van der Waals surface area contributed by atoms with Gasteiger partial charge in [0.1, 0.15) is 0 Å². The lowest BCUT2D eigenvalue weighted by atomic mass is 10.3. The van der Waals surface area contributed by atoms with Gasteiger partial charge in [0.2, 0.25) is 0 Å². The molecular formula is C6H8O3. The molecule has 0 unspecified atom stereocenters. The lowest BCUT2D eigenvalue weighted by molar-refractivity contribution is -0.130. The van der Waals surface area contributed by atoms with Gasteiger partial charge in [-0.2, -0.15) is 0 Å². The van der Waals surface area contributed by atoms with E-state index in [1.165, 1.54) is 0 Å².